The van der Waals surface area contributed by atoms with Crippen molar-refractivity contribution in [1.82, 2.24) is 0 Å². The molecule has 0 radical (unpaired) electrons. The van der Waals surface area contributed by atoms with Crippen molar-refractivity contribution in [2.75, 3.05) is 115 Å². The Balaban J connectivity index is 0.821. The number of benzene rings is 4. The van der Waals surface area contributed by atoms with Crippen LogP contribution in [-0.2, 0) is 14.4 Å². The van der Waals surface area contributed by atoms with Crippen molar-refractivity contribution >= 4 is 68.3 Å². The minimum atomic E-state index is -0.240. The number of ketones is 3. The normalized spacial score (nSPS) is 16.1. The molecule has 6 aliphatic carbocycles. The van der Waals surface area contributed by atoms with Gasteiger partial charge >= 0.3 is 0 Å². The van der Waals surface area contributed by atoms with Gasteiger partial charge in [-0.05, 0) is 177 Å². The molecule has 15 nitrogen and oxygen atoms in total. The van der Waals surface area contributed by atoms with Crippen molar-refractivity contribution in [1.29, 1.82) is 0 Å². The molecule has 786 valence electrons. The smallest absolute Gasteiger partial charge is 0.199 e. The van der Waals surface area contributed by atoms with Gasteiger partial charge in [-0.15, -0.1) is 0 Å². The third-order valence-corrected chi connectivity index (χ3v) is 30.7. The number of ether oxygens (including phenoxy) is 3. The van der Waals surface area contributed by atoms with E-state index >= 15 is 0 Å². The van der Waals surface area contributed by atoms with E-state index in [1.165, 1.54) is 154 Å². The fourth-order valence-electron chi connectivity index (χ4n) is 20.6. The number of carbonyl (C=O) groups is 3. The Morgan fingerprint density at radius 1 is 0.250 bits per heavy atom. The van der Waals surface area contributed by atoms with E-state index < -0.39 is 0 Å². The molecule has 4 aromatic rings. The first-order valence-corrected chi connectivity index (χ1v) is 56.6. The SMILES string of the molecule is CC(C)CCCCC[C@H](C)CC[N+](CC[C@@H](C)CCCC(C)C)=C1C=CC(=C2C(=O)C(c3cccc(N(C)CCOc4cc(OCCN(C)c5cccc(C6=C([O-])C(=C7C=CC(=[N+](CC[C@@H](C)CCCCCC(C)C)CC[C@@H](C)CCCC(C)C)C=C7)C6=O)c5)cc(OCCN(C)c5cccc(C6=C([O-])C(=C7C=CC(=[N+](CC[C@@H](C)CCCCCC(C)C)CC[C@@H](C)CCCC(C)C)C=C7)C6=O)c5)c4)c3)=C2[O-])C=C1. The number of unbranched alkanes of at least 4 members (excludes halogenated alkanes) is 6. The monoisotopic (exact) mass is 1960 g/mol. The van der Waals surface area contributed by atoms with E-state index in [1.807, 2.05) is 163 Å². The van der Waals surface area contributed by atoms with Gasteiger partial charge in [0.05, 0.1) is 19.6 Å². The van der Waals surface area contributed by atoms with Gasteiger partial charge in [-0.25, -0.2) is 13.7 Å². The second-order valence-electron chi connectivity index (χ2n) is 46.4. The van der Waals surface area contributed by atoms with Gasteiger partial charge in [0.1, 0.15) is 76.3 Å². The lowest BCUT2D eigenvalue weighted by Gasteiger charge is -2.32. The second-order valence-corrected chi connectivity index (χ2v) is 46.4. The number of carbonyl (C=O) groups excluding carboxylic acids is 3. The highest BCUT2D eigenvalue weighted by Crippen LogP contribution is 2.43. The standard InChI is InChI=1S/C129H186N6O9/c1-91(2)37-25-22-28-43-97(13)67-73-133(76-70-100(16)46-31-40-94(7)8)109-61-55-103(56-62-109)118-124(136)121(125(118)137)106-49-34-52-112(85-106)130(19)79-82-142-115-88-116(143-83-80-131(20)113-53-35-50-107(86-113)122-126(138)119(127(122)139)104-57-63-110(64-58-104)134(77-71-101(17)47-32-41-95(9)10)74-68-98(14)44-29-23-26-38-92(3)4)90-117(89-115)144-84-81-132(21)114-54-36-51-108(87-114)123-128(140)120(129(123)141)105-59-65-111(66-60-105)135(78-72-102(18)48-33-42-96(11)12)75-69-99(15)45-30-24-27-39-93(5)6/h34-36,49-66,85-102H,22-33,37-48,67-84H2,1-21H3/t97-,98-,99-,100-,101-,102-/m0/s1. The van der Waals surface area contributed by atoms with Gasteiger partial charge in [-0.2, -0.15) is 0 Å². The van der Waals surface area contributed by atoms with Crippen molar-refractivity contribution < 1.29 is 57.6 Å². The molecule has 0 N–H and O–H groups in total. The highest BCUT2D eigenvalue weighted by Gasteiger charge is 2.36. The van der Waals surface area contributed by atoms with Crippen LogP contribution in [0.4, 0.5) is 17.1 Å². The van der Waals surface area contributed by atoms with Gasteiger partial charge in [0.2, 0.25) is 0 Å². The number of nitrogens with zero attached hydrogens (tertiary/aromatic N) is 6. The molecule has 0 unspecified atom stereocenters. The van der Waals surface area contributed by atoms with Gasteiger partial charge in [0.25, 0.3) is 0 Å². The quantitative estimate of drug-likeness (QED) is 0.0233. The first-order chi connectivity index (χ1) is 69.1. The molecule has 6 atom stereocenters. The first-order valence-electron chi connectivity index (χ1n) is 56.6. The van der Waals surface area contributed by atoms with E-state index in [-0.39, 0.29) is 87.9 Å². The number of Topliss-reactive ketones (excluding diaryl/α,β-unsaturated/α-hetero) is 3. The number of allylic oxidation sites excluding steroid dienone is 21. The van der Waals surface area contributed by atoms with Gasteiger partial charge < -0.3 is 44.2 Å². The molecule has 0 saturated heterocycles. The Kier molecular flexibility index (Phi) is 48.0. The molecule has 0 aromatic heterocycles. The summed E-state index contributed by atoms with van der Waals surface area (Å²) in [6.45, 7) is 50.1. The van der Waals surface area contributed by atoms with Gasteiger partial charge in [0, 0.05) is 165 Å². The maximum atomic E-state index is 14.3. The number of rotatable bonds is 66. The Morgan fingerprint density at radius 2 is 0.458 bits per heavy atom. The summed E-state index contributed by atoms with van der Waals surface area (Å²) in [4.78, 5) is 49.0. The minimum Gasteiger partial charge on any atom is -0.871 e. The number of hydrogen-bond donors (Lipinski definition) is 0. The van der Waals surface area contributed by atoms with E-state index in [0.717, 1.165) is 130 Å². The van der Waals surface area contributed by atoms with Crippen LogP contribution in [0.5, 0.6) is 17.2 Å². The van der Waals surface area contributed by atoms with Crippen molar-refractivity contribution in [3.63, 3.8) is 0 Å². The molecule has 144 heavy (non-hydrogen) atoms. The summed E-state index contributed by atoms with van der Waals surface area (Å²) >= 11 is 0. The molecular formula is C129H186N6O9. The molecule has 6 aliphatic rings. The fourth-order valence-corrected chi connectivity index (χ4v) is 20.6. The van der Waals surface area contributed by atoms with Crippen LogP contribution in [0.2, 0.25) is 0 Å². The molecule has 0 aliphatic heterocycles. The van der Waals surface area contributed by atoms with Crippen molar-refractivity contribution in [3.05, 3.63) is 231 Å². The average molecular weight is 1960 g/mol. The molecule has 10 rings (SSSR count). The zero-order valence-electron chi connectivity index (χ0n) is 93.1. The fraction of sp³-hybridized carbons (Fsp3) is 0.581. The van der Waals surface area contributed by atoms with Crippen LogP contribution in [0.25, 0.3) is 16.7 Å². The number of anilines is 3. The topological polar surface area (TPSA) is 167 Å². The van der Waals surface area contributed by atoms with Crippen LogP contribution in [-0.4, -0.2) is 148 Å². The zero-order chi connectivity index (χ0) is 104. The Morgan fingerprint density at radius 3 is 0.674 bits per heavy atom. The molecule has 0 spiro atoms. The highest BCUT2D eigenvalue weighted by molar-refractivity contribution is 6.41. The largest absolute Gasteiger partial charge is 0.871 e. The molecule has 0 bridgehead atoms. The van der Waals surface area contributed by atoms with Crippen molar-refractivity contribution in [2.24, 2.45) is 71.0 Å². The molecule has 0 amide bonds. The summed E-state index contributed by atoms with van der Waals surface area (Å²) in [7, 11) is 5.90. The lowest BCUT2D eigenvalue weighted by Crippen LogP contribution is -2.31. The third kappa shape index (κ3) is 36.8. The number of hydrogen-bond acceptors (Lipinski definition) is 12. The van der Waals surface area contributed by atoms with Gasteiger partial charge in [0.15, 0.2) is 34.5 Å². The Bertz CT molecular complexity index is 4780. The van der Waals surface area contributed by atoms with Crippen LogP contribution in [0.3, 0.4) is 0 Å². The molecule has 0 saturated carbocycles. The predicted molar refractivity (Wildman–Crippen MR) is 601 cm³/mol. The molecule has 15 heteroatoms. The van der Waals surface area contributed by atoms with E-state index in [2.05, 4.69) is 175 Å². The van der Waals surface area contributed by atoms with Crippen LogP contribution in [0.1, 0.15) is 334 Å². The van der Waals surface area contributed by atoms with Crippen molar-refractivity contribution in [3.8, 4) is 17.2 Å². The predicted octanol–water partition coefficient (Wildman–Crippen LogP) is 27.3. The van der Waals surface area contributed by atoms with Crippen molar-refractivity contribution in [2.45, 2.75) is 317 Å². The van der Waals surface area contributed by atoms with E-state index in [9.17, 15) is 29.7 Å². The van der Waals surface area contributed by atoms with Crippen LogP contribution in [0.15, 0.2) is 215 Å². The summed E-state index contributed by atoms with van der Waals surface area (Å²) in [5.74, 6) is 8.30. The lowest BCUT2D eigenvalue weighted by atomic mass is 9.80. The van der Waals surface area contributed by atoms with E-state index in [1.54, 1.807) is 0 Å². The van der Waals surface area contributed by atoms with Crippen LogP contribution in [0, 0.1) is 71.0 Å². The maximum absolute atomic E-state index is 14.3. The summed E-state index contributed by atoms with van der Waals surface area (Å²) in [6, 6.07) is 28.4. The van der Waals surface area contributed by atoms with Crippen LogP contribution < -0.4 is 44.2 Å². The molecule has 0 fully saturated rings. The first kappa shape index (κ1) is 116. The Labute approximate surface area is 871 Å². The molecule has 0 heterocycles. The Hall–Kier alpha value is -10.0. The van der Waals surface area contributed by atoms with Gasteiger partial charge in [-0.1, -0.05) is 332 Å². The van der Waals surface area contributed by atoms with E-state index in [4.69, 9.17) is 14.2 Å². The minimum absolute atomic E-state index is 0.198. The van der Waals surface area contributed by atoms with Gasteiger partial charge in [-0.3, -0.25) is 14.4 Å². The molecular weight excluding hydrogens is 1780 g/mol. The molecule has 4 aromatic carbocycles. The lowest BCUT2D eigenvalue weighted by molar-refractivity contribution is -0.529. The average Bonchev–Trinajstić information content (AvgIpc) is 0.752. The highest BCUT2D eigenvalue weighted by atomic mass is 16.5. The third-order valence-electron chi connectivity index (χ3n) is 30.7. The maximum Gasteiger partial charge on any atom is 0.199 e. The zero-order valence-corrected chi connectivity index (χ0v) is 93.1. The summed E-state index contributed by atoms with van der Waals surface area (Å²) < 4.78 is 27.4. The van der Waals surface area contributed by atoms with Crippen LogP contribution >= 0.6 is 0 Å². The summed E-state index contributed by atoms with van der Waals surface area (Å²) in [5, 5.41) is 42.8. The second kappa shape index (κ2) is 59.7. The summed E-state index contributed by atoms with van der Waals surface area (Å²) in [6.07, 6.45) is 61.7. The summed E-state index contributed by atoms with van der Waals surface area (Å²) in [5.41, 5.74) is 10.9. The van der Waals surface area contributed by atoms with E-state index in [0.29, 0.717) is 124 Å². The number of likely N-dealkylation sites (N-methyl/N-ethyl adjacent to an activating group) is 3.